The Morgan fingerprint density at radius 3 is 2.28 bits per heavy atom. The number of rotatable bonds is 10. The zero-order valence-corrected chi connectivity index (χ0v) is 16.1. The summed E-state index contributed by atoms with van der Waals surface area (Å²) in [5.74, 6) is -0.0420. The first-order valence-corrected chi connectivity index (χ1v) is 9.13. The summed E-state index contributed by atoms with van der Waals surface area (Å²) >= 11 is 0. The van der Waals surface area contributed by atoms with Crippen LogP contribution in [-0.2, 0) is 9.47 Å². The zero-order chi connectivity index (χ0) is 21.1. The molecule has 8 nitrogen and oxygen atoms in total. The van der Waals surface area contributed by atoms with E-state index in [1.165, 1.54) is 7.11 Å². The van der Waals surface area contributed by atoms with Crippen molar-refractivity contribution in [2.45, 2.75) is 18.6 Å². The number of amides is 2. The highest BCUT2D eigenvalue weighted by Gasteiger charge is 2.27. The summed E-state index contributed by atoms with van der Waals surface area (Å²) in [6, 6.07) is 15.0. The predicted octanol–water partition coefficient (Wildman–Crippen LogP) is 2.06. The van der Waals surface area contributed by atoms with E-state index < -0.39 is 24.2 Å². The molecule has 3 N–H and O–H groups in total. The molecule has 2 atom stereocenters. The Hall–Kier alpha value is -2.94. The van der Waals surface area contributed by atoms with Crippen LogP contribution in [0.25, 0.3) is 0 Å². The third kappa shape index (κ3) is 6.86. The summed E-state index contributed by atoms with van der Waals surface area (Å²) in [5.41, 5.74) is 0.925. The fourth-order valence-corrected chi connectivity index (χ4v) is 2.70. The molecule has 2 rings (SSSR count). The van der Waals surface area contributed by atoms with E-state index in [4.69, 9.17) is 19.3 Å². The van der Waals surface area contributed by atoms with Crippen LogP contribution in [-0.4, -0.2) is 55.2 Å². The second-order valence-electron chi connectivity index (χ2n) is 6.07. The van der Waals surface area contributed by atoms with Crippen molar-refractivity contribution in [3.05, 3.63) is 65.7 Å². The van der Waals surface area contributed by atoms with Crippen LogP contribution in [0.4, 0.5) is 4.79 Å². The lowest BCUT2D eigenvalue weighted by Crippen LogP contribution is -2.35. The number of imide groups is 1. The van der Waals surface area contributed by atoms with Crippen LogP contribution in [0, 0.1) is 0 Å². The molecule has 0 aliphatic heterocycles. The summed E-state index contributed by atoms with van der Waals surface area (Å²) in [7, 11) is 1.45. The Kier molecular flexibility index (Phi) is 9.10. The molecule has 2 amide bonds. The first kappa shape index (κ1) is 22.4. The van der Waals surface area contributed by atoms with Gasteiger partial charge in [0.1, 0.15) is 18.5 Å². The molecule has 0 unspecified atom stereocenters. The maximum absolute atomic E-state index is 12.3. The van der Waals surface area contributed by atoms with Gasteiger partial charge in [-0.2, -0.15) is 0 Å². The molecule has 0 aliphatic rings. The van der Waals surface area contributed by atoms with Gasteiger partial charge in [0.05, 0.1) is 6.61 Å². The SMILES string of the molecule is CO[C@H](CCO)[C@H](OC(=O)NC(=O)c1ccccc1)c1ccc(OCCO)cc1. The maximum Gasteiger partial charge on any atom is 0.414 e. The minimum absolute atomic E-state index is 0.106. The van der Waals surface area contributed by atoms with Gasteiger partial charge in [-0.3, -0.25) is 10.1 Å². The van der Waals surface area contributed by atoms with Crippen molar-refractivity contribution < 1.29 is 34.0 Å². The number of hydrogen-bond acceptors (Lipinski definition) is 7. The number of methoxy groups -OCH3 is 1. The van der Waals surface area contributed by atoms with Crippen molar-refractivity contribution in [1.29, 1.82) is 0 Å². The van der Waals surface area contributed by atoms with Crippen molar-refractivity contribution in [3.63, 3.8) is 0 Å². The van der Waals surface area contributed by atoms with Gasteiger partial charge >= 0.3 is 6.09 Å². The molecule has 0 radical (unpaired) electrons. The van der Waals surface area contributed by atoms with Crippen LogP contribution >= 0.6 is 0 Å². The molecule has 2 aromatic rings. The normalized spacial score (nSPS) is 12.7. The van der Waals surface area contributed by atoms with Crippen LogP contribution in [0.5, 0.6) is 5.75 Å². The second-order valence-corrected chi connectivity index (χ2v) is 6.07. The van der Waals surface area contributed by atoms with E-state index in [0.29, 0.717) is 16.9 Å². The lowest BCUT2D eigenvalue weighted by molar-refractivity contribution is -0.0337. The summed E-state index contributed by atoms with van der Waals surface area (Å²) < 4.78 is 16.2. The molecule has 0 saturated carbocycles. The molecule has 0 saturated heterocycles. The molecule has 0 aromatic heterocycles. The van der Waals surface area contributed by atoms with Gasteiger partial charge in [-0.1, -0.05) is 30.3 Å². The number of carbonyl (C=O) groups excluding carboxylic acids is 2. The molecule has 0 aliphatic carbocycles. The third-order valence-electron chi connectivity index (χ3n) is 4.11. The quantitative estimate of drug-likeness (QED) is 0.556. The highest BCUT2D eigenvalue weighted by molar-refractivity contribution is 6.02. The van der Waals surface area contributed by atoms with Gasteiger partial charge in [-0.05, 0) is 29.8 Å². The fourth-order valence-electron chi connectivity index (χ4n) is 2.70. The van der Waals surface area contributed by atoms with E-state index in [9.17, 15) is 14.7 Å². The van der Waals surface area contributed by atoms with Crippen molar-refractivity contribution in [2.75, 3.05) is 26.9 Å². The number of nitrogens with one attached hydrogen (secondary N) is 1. The van der Waals surface area contributed by atoms with Gasteiger partial charge in [-0.25, -0.2) is 4.79 Å². The zero-order valence-electron chi connectivity index (χ0n) is 16.1. The van der Waals surface area contributed by atoms with Gasteiger partial charge < -0.3 is 24.4 Å². The smallest absolute Gasteiger partial charge is 0.414 e. The van der Waals surface area contributed by atoms with E-state index in [1.54, 1.807) is 54.6 Å². The highest BCUT2D eigenvalue weighted by atomic mass is 16.6. The number of benzene rings is 2. The molecule has 156 valence electrons. The van der Waals surface area contributed by atoms with Gasteiger partial charge in [-0.15, -0.1) is 0 Å². The molecular weight excluding hydrogens is 378 g/mol. The van der Waals surface area contributed by atoms with E-state index in [1.807, 2.05) is 0 Å². The molecule has 8 heteroatoms. The Morgan fingerprint density at radius 2 is 1.69 bits per heavy atom. The Labute approximate surface area is 169 Å². The van der Waals surface area contributed by atoms with Crippen molar-refractivity contribution >= 4 is 12.0 Å². The number of ether oxygens (including phenoxy) is 3. The monoisotopic (exact) mass is 403 g/mol. The fraction of sp³-hybridized carbons (Fsp3) is 0.333. The molecule has 2 aromatic carbocycles. The minimum Gasteiger partial charge on any atom is -0.491 e. The molecule has 29 heavy (non-hydrogen) atoms. The van der Waals surface area contributed by atoms with Gasteiger partial charge in [0, 0.05) is 25.7 Å². The third-order valence-corrected chi connectivity index (χ3v) is 4.11. The van der Waals surface area contributed by atoms with Crippen molar-refractivity contribution in [2.24, 2.45) is 0 Å². The minimum atomic E-state index is -0.926. The molecule has 0 heterocycles. The number of alkyl carbamates (subject to hydrolysis) is 1. The van der Waals surface area contributed by atoms with Crippen LogP contribution in [0.2, 0.25) is 0 Å². The highest BCUT2D eigenvalue weighted by Crippen LogP contribution is 2.27. The summed E-state index contributed by atoms with van der Waals surface area (Å²) in [5, 5.41) is 20.3. The number of hydrogen-bond donors (Lipinski definition) is 3. The summed E-state index contributed by atoms with van der Waals surface area (Å²) in [6.07, 6.45) is -2.18. The Balaban J connectivity index is 2.13. The lowest BCUT2D eigenvalue weighted by Gasteiger charge is -2.26. The van der Waals surface area contributed by atoms with Crippen LogP contribution < -0.4 is 10.1 Å². The number of carbonyl (C=O) groups is 2. The molecule has 0 bridgehead atoms. The molecular formula is C21H25NO7. The lowest BCUT2D eigenvalue weighted by atomic mass is 10.0. The van der Waals surface area contributed by atoms with Gasteiger partial charge in [0.15, 0.2) is 6.10 Å². The van der Waals surface area contributed by atoms with E-state index in [2.05, 4.69) is 5.32 Å². The maximum atomic E-state index is 12.3. The summed E-state index contributed by atoms with van der Waals surface area (Å²) in [4.78, 5) is 24.5. The average Bonchev–Trinajstić information content (AvgIpc) is 2.75. The van der Waals surface area contributed by atoms with Gasteiger partial charge in [0.2, 0.25) is 0 Å². The van der Waals surface area contributed by atoms with Crippen LogP contribution in [0.15, 0.2) is 54.6 Å². The first-order valence-electron chi connectivity index (χ1n) is 9.13. The number of aliphatic hydroxyl groups is 2. The van der Waals surface area contributed by atoms with Crippen molar-refractivity contribution in [1.82, 2.24) is 5.32 Å². The standard InChI is InChI=1S/C21H25NO7/c1-27-18(11-12-23)19(15-7-9-17(10-8-15)28-14-13-24)29-21(26)22-20(25)16-5-3-2-4-6-16/h2-10,18-19,23-24H,11-14H2,1H3,(H,22,25,26)/t18-,19-/m1/s1. The largest absolute Gasteiger partial charge is 0.491 e. The van der Waals surface area contributed by atoms with Crippen LogP contribution in [0.1, 0.15) is 28.4 Å². The number of aliphatic hydroxyl groups excluding tert-OH is 2. The van der Waals surface area contributed by atoms with E-state index >= 15 is 0 Å². The second kappa shape index (κ2) is 11.8. The average molecular weight is 403 g/mol. The van der Waals surface area contributed by atoms with Crippen LogP contribution in [0.3, 0.4) is 0 Å². The Morgan fingerprint density at radius 1 is 1.00 bits per heavy atom. The van der Waals surface area contributed by atoms with E-state index in [0.717, 1.165) is 0 Å². The van der Waals surface area contributed by atoms with Crippen molar-refractivity contribution in [3.8, 4) is 5.75 Å². The topological polar surface area (TPSA) is 114 Å². The van der Waals surface area contributed by atoms with Gasteiger partial charge in [0.25, 0.3) is 5.91 Å². The molecule has 0 spiro atoms. The summed E-state index contributed by atoms with van der Waals surface area (Å²) in [6.45, 7) is -0.111. The first-order chi connectivity index (χ1) is 14.1. The Bertz CT molecular complexity index is 764. The van der Waals surface area contributed by atoms with E-state index in [-0.39, 0.29) is 26.2 Å². The molecule has 0 fully saturated rings. The predicted molar refractivity (Wildman–Crippen MR) is 105 cm³/mol.